The lowest BCUT2D eigenvalue weighted by Crippen LogP contribution is -2.60. The molecular formula is C14H16N2O. The van der Waals surface area contributed by atoms with Crippen molar-refractivity contribution < 1.29 is 5.11 Å². The molecule has 0 radical (unpaired) electrons. The number of β-amino-alcohol motifs (C(OH)–C–C–N with tert-alkyl or cyclic N) is 1. The van der Waals surface area contributed by atoms with Crippen molar-refractivity contribution in [3.63, 3.8) is 0 Å². The van der Waals surface area contributed by atoms with E-state index >= 15 is 0 Å². The molecule has 1 aromatic carbocycles. The van der Waals surface area contributed by atoms with Crippen molar-refractivity contribution in [2.45, 2.75) is 18.9 Å². The van der Waals surface area contributed by atoms with E-state index in [9.17, 15) is 5.11 Å². The Bertz CT molecular complexity index is 561. The first-order valence-electron chi connectivity index (χ1n) is 5.94. The summed E-state index contributed by atoms with van der Waals surface area (Å²) >= 11 is 0. The Morgan fingerprint density at radius 3 is 2.82 bits per heavy atom. The molecule has 0 unspecified atom stereocenters. The van der Waals surface area contributed by atoms with Gasteiger partial charge in [0.15, 0.2) is 0 Å². The van der Waals surface area contributed by atoms with E-state index in [1.807, 2.05) is 19.1 Å². The predicted molar refractivity (Wildman–Crippen MR) is 68.0 cm³/mol. The number of hydrogen-bond donors (Lipinski definition) is 2. The third kappa shape index (κ3) is 2.04. The van der Waals surface area contributed by atoms with E-state index in [1.165, 1.54) is 5.56 Å². The topological polar surface area (TPSA) is 45.1 Å². The molecule has 1 aliphatic rings. The Balaban J connectivity index is 1.93. The fourth-order valence-corrected chi connectivity index (χ4v) is 2.31. The molecular weight excluding hydrogens is 212 g/mol. The Kier molecular flexibility index (Phi) is 2.38. The van der Waals surface area contributed by atoms with Gasteiger partial charge in [-0.2, -0.15) is 0 Å². The largest absolute Gasteiger partial charge is 0.387 e. The van der Waals surface area contributed by atoms with Crippen LogP contribution in [-0.2, 0) is 6.42 Å². The number of aromatic nitrogens is 1. The monoisotopic (exact) mass is 228 g/mol. The number of pyridine rings is 1. The molecule has 3 heteroatoms. The number of nitrogens with zero attached hydrogens (tertiary/aromatic N) is 1. The fraction of sp³-hybridized carbons (Fsp3) is 0.357. The van der Waals surface area contributed by atoms with E-state index in [4.69, 9.17) is 0 Å². The summed E-state index contributed by atoms with van der Waals surface area (Å²) in [6.07, 6.45) is 0.712. The minimum Gasteiger partial charge on any atom is -0.387 e. The second kappa shape index (κ2) is 3.79. The van der Waals surface area contributed by atoms with E-state index in [1.54, 1.807) is 0 Å². The van der Waals surface area contributed by atoms with Crippen molar-refractivity contribution in [1.82, 2.24) is 10.3 Å². The highest BCUT2D eigenvalue weighted by Crippen LogP contribution is 2.21. The first-order chi connectivity index (χ1) is 8.15. The minimum absolute atomic E-state index is 0.550. The quantitative estimate of drug-likeness (QED) is 0.817. The SMILES string of the molecule is Cc1ccc2cc(CC3(O)CNC3)ccc2n1. The van der Waals surface area contributed by atoms with Gasteiger partial charge in [0.1, 0.15) is 0 Å². The maximum atomic E-state index is 10.1. The van der Waals surface area contributed by atoms with Gasteiger partial charge in [0, 0.05) is 30.6 Å². The van der Waals surface area contributed by atoms with Crippen molar-refractivity contribution in [2.75, 3.05) is 13.1 Å². The summed E-state index contributed by atoms with van der Waals surface area (Å²) in [5.74, 6) is 0. The molecule has 1 fully saturated rings. The van der Waals surface area contributed by atoms with Gasteiger partial charge in [0.25, 0.3) is 0 Å². The Morgan fingerprint density at radius 2 is 2.12 bits per heavy atom. The van der Waals surface area contributed by atoms with Gasteiger partial charge in [0.05, 0.1) is 11.1 Å². The number of aryl methyl sites for hydroxylation is 1. The number of benzene rings is 1. The molecule has 0 aliphatic carbocycles. The highest BCUT2D eigenvalue weighted by molar-refractivity contribution is 5.79. The van der Waals surface area contributed by atoms with Crippen LogP contribution in [0.3, 0.4) is 0 Å². The van der Waals surface area contributed by atoms with Gasteiger partial charge in [-0.15, -0.1) is 0 Å². The summed E-state index contributed by atoms with van der Waals surface area (Å²) in [6, 6.07) is 10.3. The zero-order valence-corrected chi connectivity index (χ0v) is 9.90. The van der Waals surface area contributed by atoms with Crippen LogP contribution in [0.5, 0.6) is 0 Å². The van der Waals surface area contributed by atoms with Crippen LogP contribution in [0.1, 0.15) is 11.3 Å². The summed E-state index contributed by atoms with van der Waals surface area (Å²) in [5, 5.41) is 14.3. The van der Waals surface area contributed by atoms with Gasteiger partial charge in [-0.05, 0) is 30.7 Å². The van der Waals surface area contributed by atoms with Gasteiger partial charge >= 0.3 is 0 Å². The maximum absolute atomic E-state index is 10.1. The third-order valence-corrected chi connectivity index (χ3v) is 3.33. The highest BCUT2D eigenvalue weighted by Gasteiger charge is 2.34. The number of hydrogen-bond acceptors (Lipinski definition) is 3. The van der Waals surface area contributed by atoms with Crippen LogP contribution in [-0.4, -0.2) is 28.8 Å². The van der Waals surface area contributed by atoms with Gasteiger partial charge in [0.2, 0.25) is 0 Å². The Hall–Kier alpha value is -1.45. The predicted octanol–water partition coefficient (Wildman–Crippen LogP) is 1.42. The normalized spacial score (nSPS) is 18.0. The lowest BCUT2D eigenvalue weighted by molar-refractivity contribution is -0.00899. The van der Waals surface area contributed by atoms with Crippen LogP contribution >= 0.6 is 0 Å². The van der Waals surface area contributed by atoms with Crippen LogP contribution in [0.2, 0.25) is 0 Å². The number of fused-ring (bicyclic) bond motifs is 1. The van der Waals surface area contributed by atoms with Crippen LogP contribution in [0, 0.1) is 6.92 Å². The first kappa shape index (κ1) is 10.7. The van der Waals surface area contributed by atoms with Crippen molar-refractivity contribution in [2.24, 2.45) is 0 Å². The molecule has 2 aromatic rings. The van der Waals surface area contributed by atoms with Gasteiger partial charge in [-0.25, -0.2) is 0 Å². The molecule has 2 heterocycles. The molecule has 3 nitrogen and oxygen atoms in total. The lowest BCUT2D eigenvalue weighted by Gasteiger charge is -2.37. The maximum Gasteiger partial charge on any atom is 0.0935 e. The summed E-state index contributed by atoms with van der Waals surface area (Å²) < 4.78 is 0. The standard InChI is InChI=1S/C14H16N2O/c1-10-2-4-12-6-11(3-5-13(12)16-10)7-14(17)8-15-9-14/h2-6,15,17H,7-9H2,1H3. The second-order valence-electron chi connectivity index (χ2n) is 4.98. The average Bonchev–Trinajstić information content (AvgIpc) is 2.27. The first-order valence-corrected chi connectivity index (χ1v) is 5.94. The summed E-state index contributed by atoms with van der Waals surface area (Å²) in [6.45, 7) is 3.38. The molecule has 1 saturated heterocycles. The molecule has 0 saturated carbocycles. The van der Waals surface area contributed by atoms with E-state index in [2.05, 4.69) is 28.5 Å². The van der Waals surface area contributed by atoms with Crippen LogP contribution < -0.4 is 5.32 Å². The molecule has 0 spiro atoms. The number of nitrogens with one attached hydrogen (secondary N) is 1. The molecule has 3 rings (SSSR count). The summed E-state index contributed by atoms with van der Waals surface area (Å²) in [5.41, 5.74) is 2.68. The number of rotatable bonds is 2. The Labute approximate surface area is 100 Å². The highest BCUT2D eigenvalue weighted by atomic mass is 16.3. The summed E-state index contributed by atoms with van der Waals surface area (Å²) in [7, 11) is 0. The van der Waals surface area contributed by atoms with E-state index in [0.29, 0.717) is 19.5 Å². The smallest absolute Gasteiger partial charge is 0.0935 e. The summed E-state index contributed by atoms with van der Waals surface area (Å²) in [4.78, 5) is 4.47. The van der Waals surface area contributed by atoms with Gasteiger partial charge in [-0.1, -0.05) is 12.1 Å². The van der Waals surface area contributed by atoms with Crippen LogP contribution in [0.15, 0.2) is 30.3 Å². The fourth-order valence-electron chi connectivity index (χ4n) is 2.31. The molecule has 0 bridgehead atoms. The molecule has 0 amide bonds. The Morgan fingerprint density at radius 1 is 1.29 bits per heavy atom. The van der Waals surface area contributed by atoms with Crippen molar-refractivity contribution >= 4 is 10.9 Å². The average molecular weight is 228 g/mol. The molecule has 88 valence electrons. The van der Waals surface area contributed by atoms with Crippen LogP contribution in [0.25, 0.3) is 10.9 Å². The van der Waals surface area contributed by atoms with Crippen LogP contribution in [0.4, 0.5) is 0 Å². The molecule has 1 aliphatic heterocycles. The number of aliphatic hydroxyl groups is 1. The van der Waals surface area contributed by atoms with Gasteiger partial charge < -0.3 is 10.4 Å². The lowest BCUT2D eigenvalue weighted by atomic mass is 9.89. The van der Waals surface area contributed by atoms with Crippen molar-refractivity contribution in [3.8, 4) is 0 Å². The zero-order valence-electron chi connectivity index (χ0n) is 9.90. The molecule has 0 atom stereocenters. The van der Waals surface area contributed by atoms with E-state index in [-0.39, 0.29) is 0 Å². The minimum atomic E-state index is -0.550. The zero-order chi connectivity index (χ0) is 11.9. The third-order valence-electron chi connectivity index (χ3n) is 3.33. The second-order valence-corrected chi connectivity index (χ2v) is 4.98. The molecule has 17 heavy (non-hydrogen) atoms. The van der Waals surface area contributed by atoms with Crippen molar-refractivity contribution in [3.05, 3.63) is 41.6 Å². The molecule has 2 N–H and O–H groups in total. The molecule has 1 aromatic heterocycles. The van der Waals surface area contributed by atoms with Crippen molar-refractivity contribution in [1.29, 1.82) is 0 Å². The van der Waals surface area contributed by atoms with Gasteiger partial charge in [-0.3, -0.25) is 4.98 Å². The van der Waals surface area contributed by atoms with E-state index < -0.39 is 5.60 Å². The van der Waals surface area contributed by atoms with E-state index in [0.717, 1.165) is 16.6 Å².